The monoisotopic (exact) mass is 297 g/mol. The van der Waals surface area contributed by atoms with Gasteiger partial charge in [-0.2, -0.15) is 5.10 Å². The molecular formula is C16H15N3OS. The van der Waals surface area contributed by atoms with Crippen molar-refractivity contribution in [1.82, 2.24) is 5.43 Å². The van der Waals surface area contributed by atoms with Gasteiger partial charge in [0.15, 0.2) is 10.9 Å². The summed E-state index contributed by atoms with van der Waals surface area (Å²) < 4.78 is 0. The number of hydrazone groups is 1. The van der Waals surface area contributed by atoms with Gasteiger partial charge in [0.2, 0.25) is 0 Å². The number of benzene rings is 2. The highest BCUT2D eigenvalue weighted by Crippen LogP contribution is 2.09. The summed E-state index contributed by atoms with van der Waals surface area (Å²) >= 11 is 4.75. The number of nitrogens with two attached hydrogens (primary N) is 1. The molecule has 21 heavy (non-hydrogen) atoms. The largest absolute Gasteiger partial charge is 0.375 e. The Balaban J connectivity index is 2.23. The summed E-state index contributed by atoms with van der Waals surface area (Å²) in [5, 5.41) is 4.20. The van der Waals surface area contributed by atoms with Gasteiger partial charge in [0.25, 0.3) is 0 Å². The van der Waals surface area contributed by atoms with Crippen LogP contribution in [0.25, 0.3) is 0 Å². The Bertz CT molecular complexity index is 654. The molecule has 0 aromatic heterocycles. The van der Waals surface area contributed by atoms with Gasteiger partial charge in [-0.05, 0) is 17.8 Å². The molecular weight excluding hydrogens is 282 g/mol. The van der Waals surface area contributed by atoms with E-state index in [9.17, 15) is 4.79 Å². The Kier molecular flexibility index (Phi) is 5.17. The summed E-state index contributed by atoms with van der Waals surface area (Å²) in [6.07, 6.45) is 0.170. The molecule has 3 N–H and O–H groups in total. The molecule has 0 atom stereocenters. The van der Waals surface area contributed by atoms with E-state index < -0.39 is 0 Å². The molecule has 0 bridgehead atoms. The maximum Gasteiger partial charge on any atom is 0.184 e. The third-order valence-corrected chi connectivity index (χ3v) is 2.92. The van der Waals surface area contributed by atoms with E-state index in [1.165, 1.54) is 0 Å². The topological polar surface area (TPSA) is 67.5 Å². The van der Waals surface area contributed by atoms with Crippen LogP contribution in [0.15, 0.2) is 65.8 Å². The zero-order chi connectivity index (χ0) is 15.1. The summed E-state index contributed by atoms with van der Waals surface area (Å²) in [6, 6.07) is 18.6. The Morgan fingerprint density at radius 2 is 1.52 bits per heavy atom. The quantitative estimate of drug-likeness (QED) is 0.385. The van der Waals surface area contributed by atoms with E-state index in [0.717, 1.165) is 5.56 Å². The molecule has 2 rings (SSSR count). The van der Waals surface area contributed by atoms with Crippen molar-refractivity contribution < 1.29 is 4.79 Å². The lowest BCUT2D eigenvalue weighted by Crippen LogP contribution is -2.26. The first kappa shape index (κ1) is 14.9. The molecule has 2 aromatic carbocycles. The highest BCUT2D eigenvalue weighted by atomic mass is 32.1. The van der Waals surface area contributed by atoms with E-state index in [1.54, 1.807) is 12.1 Å². The fourth-order valence-electron chi connectivity index (χ4n) is 1.84. The normalized spacial score (nSPS) is 11.0. The third-order valence-electron chi connectivity index (χ3n) is 2.83. The molecule has 0 fully saturated rings. The van der Waals surface area contributed by atoms with Gasteiger partial charge >= 0.3 is 0 Å². The number of nitrogens with one attached hydrogen (secondary N) is 1. The molecule has 5 heteroatoms. The number of ketones is 1. The number of thiocarbonyl (C=S) groups is 1. The molecule has 106 valence electrons. The van der Waals surface area contributed by atoms with Crippen LogP contribution in [-0.4, -0.2) is 16.6 Å². The number of carbonyl (C=O) groups is 1. The summed E-state index contributed by atoms with van der Waals surface area (Å²) in [5.41, 5.74) is 10.0. The van der Waals surface area contributed by atoms with Gasteiger partial charge in [-0.25, -0.2) is 0 Å². The first-order valence-corrected chi connectivity index (χ1v) is 6.83. The second kappa shape index (κ2) is 7.31. The van der Waals surface area contributed by atoms with Crippen LogP contribution >= 0.6 is 12.2 Å². The van der Waals surface area contributed by atoms with E-state index in [1.807, 2.05) is 48.5 Å². The van der Waals surface area contributed by atoms with Crippen molar-refractivity contribution in [2.45, 2.75) is 6.42 Å². The summed E-state index contributed by atoms with van der Waals surface area (Å²) in [5.74, 6) is -0.0112. The minimum atomic E-state index is -0.0112. The minimum absolute atomic E-state index is 0.0112. The number of rotatable bonds is 5. The lowest BCUT2D eigenvalue weighted by molar-refractivity contribution is 0.100. The van der Waals surface area contributed by atoms with Crippen LogP contribution in [0.2, 0.25) is 0 Å². The fraction of sp³-hybridized carbons (Fsp3) is 0.0625. The zero-order valence-electron chi connectivity index (χ0n) is 11.3. The van der Waals surface area contributed by atoms with Crippen molar-refractivity contribution in [2.24, 2.45) is 10.8 Å². The van der Waals surface area contributed by atoms with Gasteiger partial charge in [-0.3, -0.25) is 10.2 Å². The Morgan fingerprint density at radius 3 is 2.05 bits per heavy atom. The van der Waals surface area contributed by atoms with Crippen LogP contribution in [0.1, 0.15) is 22.3 Å². The number of hydrogen-bond acceptors (Lipinski definition) is 3. The van der Waals surface area contributed by atoms with Gasteiger partial charge in [-0.15, -0.1) is 0 Å². The average molecular weight is 297 g/mol. The number of hydrogen-bond donors (Lipinski definition) is 2. The van der Waals surface area contributed by atoms with E-state index >= 15 is 0 Å². The van der Waals surface area contributed by atoms with Gasteiger partial charge < -0.3 is 5.73 Å². The standard InChI is InChI=1S/C16H15N3OS/c17-16(21)19-18-14(12-7-3-1-4-8-12)11-15(20)13-9-5-2-6-10-13/h1-10H,11H2,(H3,17,19,21)/b18-14-. The molecule has 0 spiro atoms. The van der Waals surface area contributed by atoms with Crippen LogP contribution in [0.3, 0.4) is 0 Å². The fourth-order valence-corrected chi connectivity index (χ4v) is 1.88. The molecule has 4 nitrogen and oxygen atoms in total. The molecule has 0 radical (unpaired) electrons. The highest BCUT2D eigenvalue weighted by Gasteiger charge is 2.12. The summed E-state index contributed by atoms with van der Waals surface area (Å²) in [4.78, 5) is 12.3. The van der Waals surface area contributed by atoms with Gasteiger partial charge in [0, 0.05) is 5.56 Å². The van der Waals surface area contributed by atoms with Crippen LogP contribution in [0.5, 0.6) is 0 Å². The molecule has 0 heterocycles. The van der Waals surface area contributed by atoms with Gasteiger partial charge in [-0.1, -0.05) is 60.7 Å². The van der Waals surface area contributed by atoms with Crippen molar-refractivity contribution >= 4 is 28.8 Å². The lowest BCUT2D eigenvalue weighted by Gasteiger charge is -2.07. The first-order chi connectivity index (χ1) is 10.2. The zero-order valence-corrected chi connectivity index (χ0v) is 12.1. The van der Waals surface area contributed by atoms with Crippen molar-refractivity contribution in [3.63, 3.8) is 0 Å². The van der Waals surface area contributed by atoms with Gasteiger partial charge in [0.05, 0.1) is 12.1 Å². The number of nitrogens with zero attached hydrogens (tertiary/aromatic N) is 1. The highest BCUT2D eigenvalue weighted by molar-refractivity contribution is 7.80. The maximum atomic E-state index is 12.3. The second-order valence-electron chi connectivity index (χ2n) is 4.37. The van der Waals surface area contributed by atoms with Crippen molar-refractivity contribution in [3.8, 4) is 0 Å². The first-order valence-electron chi connectivity index (χ1n) is 6.42. The molecule has 2 aromatic rings. The third kappa shape index (κ3) is 4.50. The second-order valence-corrected chi connectivity index (χ2v) is 4.81. The predicted octanol–water partition coefficient (Wildman–Crippen LogP) is 2.50. The van der Waals surface area contributed by atoms with E-state index in [2.05, 4.69) is 10.5 Å². The molecule has 0 aliphatic carbocycles. The van der Waals surface area contributed by atoms with Crippen LogP contribution < -0.4 is 11.2 Å². The Morgan fingerprint density at radius 1 is 1.00 bits per heavy atom. The summed E-state index contributed by atoms with van der Waals surface area (Å²) in [6.45, 7) is 0. The lowest BCUT2D eigenvalue weighted by atomic mass is 10.0. The summed E-state index contributed by atoms with van der Waals surface area (Å²) in [7, 11) is 0. The van der Waals surface area contributed by atoms with Crippen molar-refractivity contribution in [3.05, 3.63) is 71.8 Å². The molecule has 0 saturated heterocycles. The minimum Gasteiger partial charge on any atom is -0.375 e. The average Bonchev–Trinajstić information content (AvgIpc) is 2.52. The van der Waals surface area contributed by atoms with Crippen molar-refractivity contribution in [1.29, 1.82) is 0 Å². The van der Waals surface area contributed by atoms with Gasteiger partial charge in [0.1, 0.15) is 0 Å². The maximum absolute atomic E-state index is 12.3. The van der Waals surface area contributed by atoms with Crippen LogP contribution in [0.4, 0.5) is 0 Å². The number of Topliss-reactive ketones (excluding diaryl/α,β-unsaturated/α-hetero) is 1. The Hall–Kier alpha value is -2.53. The smallest absolute Gasteiger partial charge is 0.184 e. The van der Waals surface area contributed by atoms with Crippen LogP contribution in [-0.2, 0) is 0 Å². The molecule has 0 amide bonds. The van der Waals surface area contributed by atoms with E-state index in [4.69, 9.17) is 18.0 Å². The van der Waals surface area contributed by atoms with Crippen molar-refractivity contribution in [2.75, 3.05) is 0 Å². The molecule has 0 aliphatic heterocycles. The van der Waals surface area contributed by atoms with E-state index in [0.29, 0.717) is 11.3 Å². The van der Waals surface area contributed by atoms with Crippen LogP contribution in [0, 0.1) is 0 Å². The predicted molar refractivity (Wildman–Crippen MR) is 88.3 cm³/mol. The Labute approximate surface area is 128 Å². The SMILES string of the molecule is NC(=S)N/N=C(/CC(=O)c1ccccc1)c1ccccc1. The molecule has 0 saturated carbocycles. The molecule has 0 aliphatic rings. The molecule has 0 unspecified atom stereocenters. The number of carbonyl (C=O) groups excluding carboxylic acids is 1. The van der Waals surface area contributed by atoms with E-state index in [-0.39, 0.29) is 17.3 Å².